The van der Waals surface area contributed by atoms with E-state index in [1.807, 2.05) is 0 Å². The molecule has 0 fully saturated rings. The average molecular weight is 776 g/mol. The molecule has 0 heterocycles. The molecule has 272 valence electrons. The first-order valence-electron chi connectivity index (χ1n) is 14.5. The van der Waals surface area contributed by atoms with Gasteiger partial charge in [0.1, 0.15) is 67.9 Å². The molecule has 0 amide bonds. The summed E-state index contributed by atoms with van der Waals surface area (Å²) in [6.07, 6.45) is -0.222. The van der Waals surface area contributed by atoms with Crippen LogP contribution in [0.25, 0.3) is 0 Å². The number of carboxylic acids is 4. The van der Waals surface area contributed by atoms with Gasteiger partial charge in [-0.15, -0.1) is 0 Å². The van der Waals surface area contributed by atoms with Gasteiger partial charge in [-0.2, -0.15) is 0 Å². The van der Waals surface area contributed by atoms with E-state index in [2.05, 4.69) is 0 Å². The maximum absolute atomic E-state index is 10.9. The SMILES string of the molecule is CCC(C(C)=O)(C(C)=O)C(=O)[O-].CCC(C(C)=O)(C(C)=O)C(=O)[O-].CCC(C(C)=O)(C(C)=O)C(=O)[O-].CCC(C(C)=O)(C(C)=O)C(=O)[O-].[Zr+4]. The first-order chi connectivity index (χ1) is 21.6. The molecule has 17 heteroatoms. The quantitative estimate of drug-likeness (QED) is 0.143. The summed E-state index contributed by atoms with van der Waals surface area (Å²) in [5.74, 6) is -11.8. The van der Waals surface area contributed by atoms with Crippen LogP contribution in [-0.2, 0) is 83.7 Å². The fourth-order valence-corrected chi connectivity index (χ4v) is 4.71. The van der Waals surface area contributed by atoms with Crippen LogP contribution in [0.2, 0.25) is 0 Å². The number of carbonyl (C=O) groups excluding carboxylic acids is 12. The summed E-state index contributed by atoms with van der Waals surface area (Å²) in [7, 11) is 0. The van der Waals surface area contributed by atoms with E-state index in [0.717, 1.165) is 55.4 Å². The minimum Gasteiger partial charge on any atom is -0.549 e. The van der Waals surface area contributed by atoms with Crippen LogP contribution in [0.1, 0.15) is 109 Å². The summed E-state index contributed by atoms with van der Waals surface area (Å²) in [6, 6.07) is 0. The van der Waals surface area contributed by atoms with Crippen molar-refractivity contribution in [2.24, 2.45) is 21.7 Å². The van der Waals surface area contributed by atoms with Crippen molar-refractivity contribution in [3.63, 3.8) is 0 Å². The number of Topliss-reactive ketones (excluding diaryl/α,β-unsaturated/α-hetero) is 8. The van der Waals surface area contributed by atoms with Gasteiger partial charge < -0.3 is 39.6 Å². The molecule has 0 saturated heterocycles. The first kappa shape index (κ1) is 54.6. The van der Waals surface area contributed by atoms with Crippen molar-refractivity contribution >= 4 is 70.1 Å². The van der Waals surface area contributed by atoms with Gasteiger partial charge in [-0.25, -0.2) is 0 Å². The van der Waals surface area contributed by atoms with E-state index in [0.29, 0.717) is 0 Å². The van der Waals surface area contributed by atoms with E-state index in [9.17, 15) is 78.0 Å². The Morgan fingerprint density at radius 1 is 0.306 bits per heavy atom. The molecule has 0 aromatic heterocycles. The summed E-state index contributed by atoms with van der Waals surface area (Å²) in [4.78, 5) is 130. The third-order valence-corrected chi connectivity index (χ3v) is 8.32. The third kappa shape index (κ3) is 12.2. The maximum Gasteiger partial charge on any atom is 4.00 e. The van der Waals surface area contributed by atoms with E-state index >= 15 is 0 Å². The van der Waals surface area contributed by atoms with Crippen molar-refractivity contribution in [1.82, 2.24) is 0 Å². The standard InChI is InChI=1S/4C8H12O4.Zr/c4*1-4-8(5(2)9,6(3)10)7(11)12;/h4*4H2,1-3H3,(H,11,12);/q;;;;+4/p-4. The summed E-state index contributed by atoms with van der Waals surface area (Å²) >= 11 is 0. The maximum atomic E-state index is 10.9. The number of rotatable bonds is 16. The van der Waals surface area contributed by atoms with Crippen LogP contribution in [0.5, 0.6) is 0 Å². The second-order valence-electron chi connectivity index (χ2n) is 10.6. The Labute approximate surface area is 303 Å². The Bertz CT molecular complexity index is 980. The van der Waals surface area contributed by atoms with Gasteiger partial charge in [0.15, 0.2) is 0 Å². The molecule has 0 saturated carbocycles. The molecular weight excluding hydrogens is 732 g/mol. The summed E-state index contributed by atoms with van der Waals surface area (Å²) in [6.45, 7) is 14.6. The van der Waals surface area contributed by atoms with Crippen molar-refractivity contribution in [2.75, 3.05) is 0 Å². The number of hydrogen-bond acceptors (Lipinski definition) is 16. The number of aliphatic carboxylic acids is 4. The largest absolute Gasteiger partial charge is 4.00 e. The molecule has 0 bridgehead atoms. The first-order valence-corrected chi connectivity index (χ1v) is 14.5. The van der Waals surface area contributed by atoms with Crippen LogP contribution in [0.3, 0.4) is 0 Å². The molecule has 0 aliphatic heterocycles. The predicted molar refractivity (Wildman–Crippen MR) is 156 cm³/mol. The minimum absolute atomic E-state index is 0. The number of ketones is 8. The van der Waals surface area contributed by atoms with Gasteiger partial charge >= 0.3 is 26.2 Å². The Balaban J connectivity index is -0.000000174. The second-order valence-corrected chi connectivity index (χ2v) is 10.6. The number of carbonyl (C=O) groups is 12. The van der Waals surface area contributed by atoms with Crippen molar-refractivity contribution in [3.8, 4) is 0 Å². The fraction of sp³-hybridized carbons (Fsp3) is 0.625. The third-order valence-electron chi connectivity index (χ3n) is 8.32. The van der Waals surface area contributed by atoms with Crippen LogP contribution in [0.15, 0.2) is 0 Å². The molecule has 0 aliphatic rings. The Hall–Kier alpha value is -3.88. The molecular formula is C32H44O16Zr. The van der Waals surface area contributed by atoms with E-state index in [-0.39, 0.29) is 51.9 Å². The molecule has 0 radical (unpaired) electrons. The van der Waals surface area contributed by atoms with E-state index in [1.165, 1.54) is 27.7 Å². The number of carboxylic acid groups (broad SMARTS) is 4. The molecule has 0 N–H and O–H groups in total. The molecule has 0 aliphatic carbocycles. The van der Waals surface area contributed by atoms with Crippen LogP contribution in [-0.4, -0.2) is 70.1 Å². The zero-order valence-corrected chi connectivity index (χ0v) is 32.3. The molecule has 0 unspecified atom stereocenters. The molecule has 16 nitrogen and oxygen atoms in total. The zero-order chi connectivity index (χ0) is 39.8. The van der Waals surface area contributed by atoms with E-state index in [1.54, 1.807) is 0 Å². The normalized spacial score (nSPS) is 10.7. The fourth-order valence-electron chi connectivity index (χ4n) is 4.71. The summed E-state index contributed by atoms with van der Waals surface area (Å²) < 4.78 is 0. The zero-order valence-electron chi connectivity index (χ0n) is 29.9. The minimum atomic E-state index is -1.93. The van der Waals surface area contributed by atoms with Crippen molar-refractivity contribution in [3.05, 3.63) is 0 Å². The van der Waals surface area contributed by atoms with Crippen molar-refractivity contribution < 1.29 is 104 Å². The van der Waals surface area contributed by atoms with Crippen LogP contribution in [0.4, 0.5) is 0 Å². The van der Waals surface area contributed by atoms with Crippen molar-refractivity contribution in [1.29, 1.82) is 0 Å². The van der Waals surface area contributed by atoms with E-state index in [4.69, 9.17) is 0 Å². The molecule has 0 atom stereocenters. The second kappa shape index (κ2) is 22.7. The van der Waals surface area contributed by atoms with Gasteiger partial charge in [-0.05, 0) is 81.1 Å². The van der Waals surface area contributed by atoms with Crippen molar-refractivity contribution in [2.45, 2.75) is 109 Å². The predicted octanol–water partition coefficient (Wildman–Crippen LogP) is -2.76. The topological polar surface area (TPSA) is 297 Å². The molecule has 0 aromatic carbocycles. The summed E-state index contributed by atoms with van der Waals surface area (Å²) in [5, 5.41) is 42.3. The van der Waals surface area contributed by atoms with Crippen LogP contribution < -0.4 is 20.4 Å². The van der Waals surface area contributed by atoms with Gasteiger partial charge in [0.05, 0.1) is 23.9 Å². The monoisotopic (exact) mass is 774 g/mol. The molecule has 0 rings (SSSR count). The summed E-state index contributed by atoms with van der Waals surface area (Å²) in [5.41, 5.74) is -7.72. The Morgan fingerprint density at radius 3 is 0.388 bits per heavy atom. The molecule has 0 spiro atoms. The molecule has 49 heavy (non-hydrogen) atoms. The average Bonchev–Trinajstić information content (AvgIpc) is 2.90. The van der Waals surface area contributed by atoms with Gasteiger partial charge in [-0.1, -0.05) is 27.7 Å². The van der Waals surface area contributed by atoms with Gasteiger partial charge in [0.25, 0.3) is 0 Å². The van der Waals surface area contributed by atoms with Gasteiger partial charge in [-0.3, -0.25) is 38.4 Å². The number of hydrogen-bond donors (Lipinski definition) is 0. The van der Waals surface area contributed by atoms with Gasteiger partial charge in [0.2, 0.25) is 0 Å². The van der Waals surface area contributed by atoms with Crippen LogP contribution in [0, 0.1) is 21.7 Å². The Morgan fingerprint density at radius 2 is 0.388 bits per heavy atom. The molecule has 0 aromatic rings. The van der Waals surface area contributed by atoms with Crippen LogP contribution >= 0.6 is 0 Å². The van der Waals surface area contributed by atoms with Gasteiger partial charge in [0, 0.05) is 0 Å². The smallest absolute Gasteiger partial charge is 0.549 e. The Kier molecular flexibility index (Phi) is 25.3. The van der Waals surface area contributed by atoms with E-state index < -0.39 is 91.8 Å².